The van der Waals surface area contributed by atoms with Crippen molar-refractivity contribution in [3.05, 3.63) is 12.2 Å². The Hall–Kier alpha value is -0.630. The first-order valence-corrected chi connectivity index (χ1v) is 5.02. The van der Waals surface area contributed by atoms with Crippen molar-refractivity contribution < 1.29 is 4.79 Å². The first kappa shape index (κ1) is 10.5. The summed E-state index contributed by atoms with van der Waals surface area (Å²) in [6.07, 6.45) is 9.56. The molecule has 0 aromatic heterocycles. The number of nitrogens with zero attached hydrogens (tertiary/aromatic N) is 1. The van der Waals surface area contributed by atoms with Gasteiger partial charge in [0.2, 0.25) is 0 Å². The summed E-state index contributed by atoms with van der Waals surface area (Å²) in [7, 11) is 4.29. The second-order valence-corrected chi connectivity index (χ2v) is 4.05. The van der Waals surface area contributed by atoms with E-state index in [-0.39, 0.29) is 0 Å². The zero-order valence-corrected chi connectivity index (χ0v) is 8.57. The van der Waals surface area contributed by atoms with E-state index >= 15 is 0 Å². The van der Waals surface area contributed by atoms with E-state index in [1.807, 2.05) is 0 Å². The van der Waals surface area contributed by atoms with Crippen LogP contribution in [0.25, 0.3) is 0 Å². The van der Waals surface area contributed by atoms with Crippen molar-refractivity contribution in [2.75, 3.05) is 14.1 Å². The Morgan fingerprint density at radius 3 is 2.23 bits per heavy atom. The van der Waals surface area contributed by atoms with Crippen molar-refractivity contribution in [3.63, 3.8) is 0 Å². The third-order valence-corrected chi connectivity index (χ3v) is 2.93. The third kappa shape index (κ3) is 3.31. The van der Waals surface area contributed by atoms with Crippen LogP contribution in [0, 0.1) is 5.92 Å². The van der Waals surface area contributed by atoms with Crippen LogP contribution in [0.1, 0.15) is 25.7 Å². The van der Waals surface area contributed by atoms with E-state index in [4.69, 9.17) is 0 Å². The average Bonchev–Trinajstić information content (AvgIpc) is 2.15. The molecule has 0 aromatic rings. The van der Waals surface area contributed by atoms with Gasteiger partial charge < -0.3 is 4.90 Å². The summed E-state index contributed by atoms with van der Waals surface area (Å²) in [6, 6.07) is 0.751. The molecule has 0 aliphatic heterocycles. The summed E-state index contributed by atoms with van der Waals surface area (Å²) in [5, 5.41) is 0. The molecule has 0 saturated heterocycles. The topological polar surface area (TPSA) is 20.3 Å². The van der Waals surface area contributed by atoms with Crippen LogP contribution in [-0.4, -0.2) is 31.3 Å². The molecule has 0 amide bonds. The van der Waals surface area contributed by atoms with Crippen molar-refractivity contribution in [1.29, 1.82) is 0 Å². The molecule has 2 heteroatoms. The van der Waals surface area contributed by atoms with Crippen LogP contribution >= 0.6 is 0 Å². The van der Waals surface area contributed by atoms with E-state index in [0.29, 0.717) is 5.92 Å². The summed E-state index contributed by atoms with van der Waals surface area (Å²) in [6.45, 7) is 0. The SMILES string of the molecule is CN(C)C1CCC(/C=C/C=O)CC1. The summed E-state index contributed by atoms with van der Waals surface area (Å²) >= 11 is 0. The number of rotatable bonds is 3. The van der Waals surface area contributed by atoms with Gasteiger partial charge in [-0.15, -0.1) is 0 Å². The van der Waals surface area contributed by atoms with E-state index < -0.39 is 0 Å². The number of aldehydes is 1. The van der Waals surface area contributed by atoms with Gasteiger partial charge in [0.05, 0.1) is 0 Å². The predicted molar refractivity (Wildman–Crippen MR) is 54.6 cm³/mol. The fourth-order valence-corrected chi connectivity index (χ4v) is 2.01. The van der Waals surface area contributed by atoms with Crippen molar-refractivity contribution >= 4 is 6.29 Å². The Morgan fingerprint density at radius 2 is 1.77 bits per heavy atom. The maximum atomic E-state index is 10.1. The number of carbonyl (C=O) groups excluding carboxylic acids is 1. The third-order valence-electron chi connectivity index (χ3n) is 2.93. The van der Waals surface area contributed by atoms with Gasteiger partial charge >= 0.3 is 0 Å². The molecule has 74 valence electrons. The first-order chi connectivity index (χ1) is 6.24. The van der Waals surface area contributed by atoms with E-state index in [2.05, 4.69) is 25.1 Å². The second-order valence-electron chi connectivity index (χ2n) is 4.05. The molecule has 1 aliphatic carbocycles. The Labute approximate surface area is 80.6 Å². The molecule has 0 heterocycles. The van der Waals surface area contributed by atoms with Gasteiger partial charge in [-0.05, 0) is 51.8 Å². The van der Waals surface area contributed by atoms with Crippen molar-refractivity contribution in [2.45, 2.75) is 31.7 Å². The van der Waals surface area contributed by atoms with E-state index in [9.17, 15) is 4.79 Å². The highest BCUT2D eigenvalue weighted by molar-refractivity contribution is 5.64. The Morgan fingerprint density at radius 1 is 1.15 bits per heavy atom. The van der Waals surface area contributed by atoms with Gasteiger partial charge in [-0.3, -0.25) is 4.79 Å². The zero-order chi connectivity index (χ0) is 9.68. The number of carbonyl (C=O) groups is 1. The monoisotopic (exact) mass is 181 g/mol. The Bertz CT molecular complexity index is 179. The lowest BCUT2D eigenvalue weighted by Gasteiger charge is -2.31. The van der Waals surface area contributed by atoms with Crippen molar-refractivity contribution in [3.8, 4) is 0 Å². The smallest absolute Gasteiger partial charge is 0.142 e. The van der Waals surface area contributed by atoms with Gasteiger partial charge in [0.15, 0.2) is 0 Å². The van der Waals surface area contributed by atoms with Crippen LogP contribution in [0.5, 0.6) is 0 Å². The number of hydrogen-bond acceptors (Lipinski definition) is 2. The van der Waals surface area contributed by atoms with Crippen LogP contribution in [-0.2, 0) is 4.79 Å². The molecule has 0 unspecified atom stereocenters. The maximum absolute atomic E-state index is 10.1. The molecule has 0 radical (unpaired) electrons. The molecule has 0 bridgehead atoms. The lowest BCUT2D eigenvalue weighted by Crippen LogP contribution is -2.31. The first-order valence-electron chi connectivity index (χ1n) is 5.02. The van der Waals surface area contributed by atoms with Crippen molar-refractivity contribution in [1.82, 2.24) is 4.90 Å². The molecule has 1 fully saturated rings. The highest BCUT2D eigenvalue weighted by Gasteiger charge is 2.20. The standard InChI is InChI=1S/C11H19NO/c1-12(2)11-7-5-10(6-8-11)4-3-9-13/h3-4,9-11H,5-8H2,1-2H3/b4-3+. The fourth-order valence-electron chi connectivity index (χ4n) is 2.01. The molecule has 2 nitrogen and oxygen atoms in total. The molecule has 0 N–H and O–H groups in total. The van der Waals surface area contributed by atoms with Gasteiger partial charge in [0.1, 0.15) is 6.29 Å². The Kier molecular flexibility index (Phi) is 4.16. The molecular weight excluding hydrogens is 162 g/mol. The second kappa shape index (κ2) is 5.18. The molecule has 0 atom stereocenters. The average molecular weight is 181 g/mol. The van der Waals surface area contributed by atoms with Gasteiger partial charge in [-0.1, -0.05) is 6.08 Å². The quantitative estimate of drug-likeness (QED) is 0.489. The lowest BCUT2D eigenvalue weighted by atomic mass is 9.85. The van der Waals surface area contributed by atoms with Crippen LogP contribution < -0.4 is 0 Å². The summed E-state index contributed by atoms with van der Waals surface area (Å²) in [5.41, 5.74) is 0. The summed E-state index contributed by atoms with van der Waals surface area (Å²) in [5.74, 6) is 0.640. The molecule has 13 heavy (non-hydrogen) atoms. The number of allylic oxidation sites excluding steroid dienone is 2. The lowest BCUT2D eigenvalue weighted by molar-refractivity contribution is -0.104. The number of hydrogen-bond donors (Lipinski definition) is 0. The fraction of sp³-hybridized carbons (Fsp3) is 0.727. The highest BCUT2D eigenvalue weighted by atomic mass is 16.1. The largest absolute Gasteiger partial charge is 0.306 e. The van der Waals surface area contributed by atoms with Gasteiger partial charge in [-0.25, -0.2) is 0 Å². The van der Waals surface area contributed by atoms with E-state index in [1.165, 1.54) is 25.7 Å². The summed E-state index contributed by atoms with van der Waals surface area (Å²) < 4.78 is 0. The van der Waals surface area contributed by atoms with E-state index in [0.717, 1.165) is 12.3 Å². The minimum atomic E-state index is 0.640. The minimum Gasteiger partial charge on any atom is -0.306 e. The van der Waals surface area contributed by atoms with Crippen LogP contribution in [0.3, 0.4) is 0 Å². The van der Waals surface area contributed by atoms with Crippen LogP contribution in [0.2, 0.25) is 0 Å². The molecule has 1 saturated carbocycles. The van der Waals surface area contributed by atoms with E-state index in [1.54, 1.807) is 6.08 Å². The molecule has 0 aromatic carbocycles. The van der Waals surface area contributed by atoms with Crippen LogP contribution in [0.15, 0.2) is 12.2 Å². The van der Waals surface area contributed by atoms with Gasteiger partial charge in [0.25, 0.3) is 0 Å². The van der Waals surface area contributed by atoms with Crippen molar-refractivity contribution in [2.24, 2.45) is 5.92 Å². The van der Waals surface area contributed by atoms with Gasteiger partial charge in [0, 0.05) is 6.04 Å². The normalized spacial score (nSPS) is 29.8. The highest BCUT2D eigenvalue weighted by Crippen LogP contribution is 2.27. The molecular formula is C11H19NO. The predicted octanol–water partition coefficient (Wildman–Crippen LogP) is 1.86. The molecule has 0 spiro atoms. The van der Waals surface area contributed by atoms with Crippen LogP contribution in [0.4, 0.5) is 0 Å². The maximum Gasteiger partial charge on any atom is 0.142 e. The zero-order valence-electron chi connectivity index (χ0n) is 8.57. The van der Waals surface area contributed by atoms with Gasteiger partial charge in [-0.2, -0.15) is 0 Å². The Balaban J connectivity index is 2.30. The minimum absolute atomic E-state index is 0.640. The summed E-state index contributed by atoms with van der Waals surface area (Å²) in [4.78, 5) is 12.4. The molecule has 1 aliphatic rings. The molecule has 1 rings (SSSR count).